The second kappa shape index (κ2) is 12.3. The SMILES string of the molecule is CC(=O)Nc1ccc(Cl)cc1CNC(=O)C(C)NC(=O)C1CC(c2ccccc2)CN1C(=O)OC(C)(C)C. The summed E-state index contributed by atoms with van der Waals surface area (Å²) < 4.78 is 5.56. The third-order valence-electron chi connectivity index (χ3n) is 6.09. The van der Waals surface area contributed by atoms with E-state index in [2.05, 4.69) is 16.0 Å². The molecule has 38 heavy (non-hydrogen) atoms. The summed E-state index contributed by atoms with van der Waals surface area (Å²) in [4.78, 5) is 52.0. The molecule has 4 amide bonds. The molecular formula is C28H35ClN4O5. The van der Waals surface area contributed by atoms with Gasteiger partial charge in [0.15, 0.2) is 0 Å². The van der Waals surface area contributed by atoms with Crippen molar-refractivity contribution in [2.24, 2.45) is 0 Å². The van der Waals surface area contributed by atoms with Crippen LogP contribution in [-0.2, 0) is 25.7 Å². The Morgan fingerprint density at radius 3 is 2.42 bits per heavy atom. The zero-order valence-corrected chi connectivity index (χ0v) is 23.1. The molecule has 3 atom stereocenters. The Hall–Kier alpha value is -3.59. The second-order valence-corrected chi connectivity index (χ2v) is 10.9. The molecule has 9 nitrogen and oxygen atoms in total. The molecule has 1 fully saturated rings. The Labute approximate surface area is 228 Å². The molecule has 2 aromatic carbocycles. The average Bonchev–Trinajstić information content (AvgIpc) is 3.29. The van der Waals surface area contributed by atoms with Gasteiger partial charge in [-0.1, -0.05) is 41.9 Å². The van der Waals surface area contributed by atoms with Gasteiger partial charge in [-0.25, -0.2) is 4.79 Å². The van der Waals surface area contributed by atoms with Crippen molar-refractivity contribution in [1.29, 1.82) is 0 Å². The van der Waals surface area contributed by atoms with Gasteiger partial charge in [-0.15, -0.1) is 0 Å². The van der Waals surface area contributed by atoms with E-state index in [1.165, 1.54) is 11.8 Å². The van der Waals surface area contributed by atoms with Crippen LogP contribution < -0.4 is 16.0 Å². The summed E-state index contributed by atoms with van der Waals surface area (Å²) >= 11 is 6.08. The Morgan fingerprint density at radius 2 is 1.79 bits per heavy atom. The molecule has 10 heteroatoms. The maximum absolute atomic E-state index is 13.3. The van der Waals surface area contributed by atoms with E-state index >= 15 is 0 Å². The van der Waals surface area contributed by atoms with Crippen molar-refractivity contribution >= 4 is 41.1 Å². The topological polar surface area (TPSA) is 117 Å². The summed E-state index contributed by atoms with van der Waals surface area (Å²) in [5.41, 5.74) is 1.47. The van der Waals surface area contributed by atoms with Crippen LogP contribution in [0.3, 0.4) is 0 Å². The van der Waals surface area contributed by atoms with Crippen molar-refractivity contribution in [3.05, 3.63) is 64.7 Å². The van der Waals surface area contributed by atoms with Crippen LogP contribution in [0.15, 0.2) is 48.5 Å². The van der Waals surface area contributed by atoms with Gasteiger partial charge in [0, 0.05) is 36.6 Å². The fraction of sp³-hybridized carbons (Fsp3) is 0.429. The minimum atomic E-state index is -0.873. The van der Waals surface area contributed by atoms with E-state index in [4.69, 9.17) is 16.3 Å². The maximum atomic E-state index is 13.3. The first-order valence-electron chi connectivity index (χ1n) is 12.5. The summed E-state index contributed by atoms with van der Waals surface area (Å²) in [6.45, 7) is 8.70. The molecule has 1 saturated heterocycles. The molecule has 1 aliphatic heterocycles. The molecule has 0 radical (unpaired) electrons. The van der Waals surface area contributed by atoms with Crippen LogP contribution in [-0.4, -0.2) is 52.9 Å². The van der Waals surface area contributed by atoms with Gasteiger partial charge in [0.25, 0.3) is 0 Å². The molecule has 0 aromatic heterocycles. The van der Waals surface area contributed by atoms with Crippen LogP contribution >= 0.6 is 11.6 Å². The monoisotopic (exact) mass is 542 g/mol. The number of anilines is 1. The van der Waals surface area contributed by atoms with Gasteiger partial charge >= 0.3 is 6.09 Å². The molecule has 3 unspecified atom stereocenters. The van der Waals surface area contributed by atoms with Crippen LogP contribution in [0.1, 0.15) is 58.1 Å². The van der Waals surface area contributed by atoms with Crippen molar-refractivity contribution < 1.29 is 23.9 Å². The summed E-state index contributed by atoms with van der Waals surface area (Å²) in [6.07, 6.45) is -0.161. The van der Waals surface area contributed by atoms with Crippen molar-refractivity contribution in [3.8, 4) is 0 Å². The summed E-state index contributed by atoms with van der Waals surface area (Å²) in [6, 6.07) is 13.0. The highest BCUT2D eigenvalue weighted by Crippen LogP contribution is 2.33. The lowest BCUT2D eigenvalue weighted by molar-refractivity contribution is -0.131. The minimum Gasteiger partial charge on any atom is -0.444 e. The standard InChI is InChI=1S/C28H35ClN4O5/c1-17(25(35)30-15-20-13-22(29)11-12-23(20)32-18(2)34)31-26(36)24-14-21(19-9-7-6-8-10-19)16-33(24)27(37)38-28(3,4)5/h6-13,17,21,24H,14-16H2,1-5H3,(H,30,35)(H,31,36)(H,32,34). The minimum absolute atomic E-state index is 0.0429. The first-order valence-corrected chi connectivity index (χ1v) is 12.9. The summed E-state index contributed by atoms with van der Waals surface area (Å²) in [7, 11) is 0. The molecular weight excluding hydrogens is 508 g/mol. The van der Waals surface area contributed by atoms with E-state index in [9.17, 15) is 19.2 Å². The summed E-state index contributed by atoms with van der Waals surface area (Å²) in [5.74, 6) is -1.15. The van der Waals surface area contributed by atoms with Gasteiger partial charge < -0.3 is 20.7 Å². The van der Waals surface area contributed by atoms with Crippen LogP contribution in [0.4, 0.5) is 10.5 Å². The van der Waals surface area contributed by atoms with Gasteiger partial charge in [-0.05, 0) is 63.4 Å². The van der Waals surface area contributed by atoms with Gasteiger partial charge in [-0.2, -0.15) is 0 Å². The highest BCUT2D eigenvalue weighted by atomic mass is 35.5. The Balaban J connectivity index is 1.68. The van der Waals surface area contributed by atoms with E-state index in [-0.39, 0.29) is 18.4 Å². The number of carbonyl (C=O) groups excluding carboxylic acids is 4. The maximum Gasteiger partial charge on any atom is 0.410 e. The van der Waals surface area contributed by atoms with Gasteiger partial charge in [0.1, 0.15) is 17.7 Å². The van der Waals surface area contributed by atoms with Crippen molar-refractivity contribution in [1.82, 2.24) is 15.5 Å². The number of carbonyl (C=O) groups is 4. The number of rotatable bonds is 7. The first kappa shape index (κ1) is 29.0. The van der Waals surface area contributed by atoms with Gasteiger partial charge in [0.05, 0.1) is 0 Å². The number of hydrogen-bond donors (Lipinski definition) is 3. The number of halogens is 1. The van der Waals surface area contributed by atoms with E-state index in [1.54, 1.807) is 45.9 Å². The average molecular weight is 543 g/mol. The molecule has 204 valence electrons. The second-order valence-electron chi connectivity index (χ2n) is 10.4. The van der Waals surface area contributed by atoms with Crippen molar-refractivity contribution in [2.45, 2.75) is 71.2 Å². The van der Waals surface area contributed by atoms with Crippen LogP contribution in [0.2, 0.25) is 5.02 Å². The fourth-order valence-corrected chi connectivity index (χ4v) is 4.50. The Kier molecular flexibility index (Phi) is 9.38. The van der Waals surface area contributed by atoms with E-state index in [1.807, 2.05) is 30.3 Å². The molecule has 1 aliphatic rings. The number of nitrogens with zero attached hydrogens (tertiary/aromatic N) is 1. The lowest BCUT2D eigenvalue weighted by atomic mass is 9.96. The van der Waals surface area contributed by atoms with E-state index in [0.717, 1.165) is 5.56 Å². The number of likely N-dealkylation sites (tertiary alicyclic amines) is 1. The Bertz CT molecular complexity index is 1180. The summed E-state index contributed by atoms with van der Waals surface area (Å²) in [5, 5.41) is 8.67. The predicted molar refractivity (Wildman–Crippen MR) is 146 cm³/mol. The molecule has 3 N–H and O–H groups in total. The molecule has 0 spiro atoms. The van der Waals surface area contributed by atoms with Crippen LogP contribution in [0.25, 0.3) is 0 Å². The normalized spacial score (nSPS) is 17.9. The zero-order chi connectivity index (χ0) is 28.0. The van der Waals surface area contributed by atoms with Crippen molar-refractivity contribution in [3.63, 3.8) is 0 Å². The highest BCUT2D eigenvalue weighted by molar-refractivity contribution is 6.30. The quantitative estimate of drug-likeness (QED) is 0.484. The number of hydrogen-bond acceptors (Lipinski definition) is 5. The number of benzene rings is 2. The fourth-order valence-electron chi connectivity index (χ4n) is 4.30. The Morgan fingerprint density at radius 1 is 1.11 bits per heavy atom. The highest BCUT2D eigenvalue weighted by Gasteiger charge is 2.42. The third-order valence-corrected chi connectivity index (χ3v) is 6.32. The molecule has 0 saturated carbocycles. The molecule has 1 heterocycles. The van der Waals surface area contributed by atoms with E-state index in [0.29, 0.717) is 29.2 Å². The molecule has 0 aliphatic carbocycles. The lowest BCUT2D eigenvalue weighted by Crippen LogP contribution is -2.52. The number of amides is 4. The molecule has 2 aromatic rings. The third kappa shape index (κ3) is 7.95. The number of ether oxygens (including phenoxy) is 1. The smallest absolute Gasteiger partial charge is 0.410 e. The zero-order valence-electron chi connectivity index (χ0n) is 22.3. The van der Waals surface area contributed by atoms with Crippen molar-refractivity contribution in [2.75, 3.05) is 11.9 Å². The van der Waals surface area contributed by atoms with Gasteiger partial charge in [-0.3, -0.25) is 19.3 Å². The first-order chi connectivity index (χ1) is 17.8. The van der Waals surface area contributed by atoms with Crippen LogP contribution in [0.5, 0.6) is 0 Å². The molecule has 3 rings (SSSR count). The lowest BCUT2D eigenvalue weighted by Gasteiger charge is -2.28. The predicted octanol–water partition coefficient (Wildman–Crippen LogP) is 4.21. The van der Waals surface area contributed by atoms with E-state index < -0.39 is 35.6 Å². The van der Waals surface area contributed by atoms with Crippen LogP contribution in [0, 0.1) is 0 Å². The molecule has 0 bridgehead atoms. The number of nitrogens with one attached hydrogen (secondary N) is 3. The van der Waals surface area contributed by atoms with Gasteiger partial charge in [0.2, 0.25) is 17.7 Å². The largest absolute Gasteiger partial charge is 0.444 e.